The van der Waals surface area contributed by atoms with Gasteiger partial charge in [-0.3, -0.25) is 0 Å². The summed E-state index contributed by atoms with van der Waals surface area (Å²) in [6, 6.07) is 0. The molecule has 8 heteroatoms. The second kappa shape index (κ2) is 8.65. The highest BCUT2D eigenvalue weighted by Gasteiger charge is 2.06. The van der Waals surface area contributed by atoms with Crippen molar-refractivity contribution in [2.24, 2.45) is 0 Å². The monoisotopic (exact) mass is 293 g/mol. The van der Waals surface area contributed by atoms with Crippen LogP contribution in [0.2, 0.25) is 0 Å². The molecule has 0 spiro atoms. The molecule has 0 fully saturated rings. The van der Waals surface area contributed by atoms with Crippen LogP contribution in [-0.2, 0) is 29.1 Å². The third-order valence-electron chi connectivity index (χ3n) is 1.76. The molecule has 0 radical (unpaired) electrons. The Morgan fingerprint density at radius 2 is 1.79 bits per heavy atom. The van der Waals surface area contributed by atoms with E-state index < -0.39 is 22.0 Å². The summed E-state index contributed by atoms with van der Waals surface area (Å²) >= 11 is 0. The molecule has 0 saturated carbocycles. The Labute approximate surface area is 113 Å². The van der Waals surface area contributed by atoms with Crippen LogP contribution in [0.3, 0.4) is 0 Å². The summed E-state index contributed by atoms with van der Waals surface area (Å²) in [4.78, 5) is 22.2. The number of hydrogen-bond acceptors (Lipinski definition) is 6. The predicted molar refractivity (Wildman–Crippen MR) is 68.8 cm³/mol. The van der Waals surface area contributed by atoms with Gasteiger partial charge < -0.3 is 9.47 Å². The van der Waals surface area contributed by atoms with Gasteiger partial charge in [-0.2, -0.15) is 0 Å². The Kier molecular flexibility index (Phi) is 8.01. The third-order valence-corrected chi connectivity index (χ3v) is 3.16. The molecule has 0 saturated heterocycles. The standard InChI is InChI=1S/C11H19NO6S/c1-4-19(15,16)12-7-8-17-10(13)5-6-11(14)18-9(2)3/h5-6,9,12H,4,7-8H2,1-3H3/b6-5+. The van der Waals surface area contributed by atoms with Crippen LogP contribution in [-0.4, -0.2) is 45.4 Å². The number of ether oxygens (including phenoxy) is 2. The Bertz CT molecular complexity index is 426. The minimum absolute atomic E-state index is 0.00774. The van der Waals surface area contributed by atoms with E-state index in [1.165, 1.54) is 6.92 Å². The zero-order valence-corrected chi connectivity index (χ0v) is 12.0. The van der Waals surface area contributed by atoms with E-state index in [-0.39, 0.29) is 25.0 Å². The molecule has 0 aromatic carbocycles. The molecule has 0 rings (SSSR count). The molecule has 0 aliphatic carbocycles. The fourth-order valence-electron chi connectivity index (χ4n) is 0.907. The number of hydrogen-bond donors (Lipinski definition) is 1. The van der Waals surface area contributed by atoms with E-state index in [0.717, 1.165) is 12.2 Å². The molecular weight excluding hydrogens is 274 g/mol. The number of rotatable bonds is 8. The van der Waals surface area contributed by atoms with E-state index in [1.807, 2.05) is 0 Å². The van der Waals surface area contributed by atoms with E-state index in [1.54, 1.807) is 13.8 Å². The van der Waals surface area contributed by atoms with Crippen molar-refractivity contribution >= 4 is 22.0 Å². The third kappa shape index (κ3) is 10.2. The minimum Gasteiger partial charge on any atom is -0.461 e. The fourth-order valence-corrected chi connectivity index (χ4v) is 1.51. The Morgan fingerprint density at radius 1 is 1.21 bits per heavy atom. The van der Waals surface area contributed by atoms with Gasteiger partial charge in [-0.25, -0.2) is 22.7 Å². The van der Waals surface area contributed by atoms with Gasteiger partial charge in [-0.15, -0.1) is 0 Å². The average Bonchev–Trinajstić information content (AvgIpc) is 2.31. The maximum Gasteiger partial charge on any atom is 0.331 e. The lowest BCUT2D eigenvalue weighted by Gasteiger charge is -2.05. The number of carbonyl (C=O) groups excluding carboxylic acids is 2. The second-order valence-corrected chi connectivity index (χ2v) is 5.88. The van der Waals surface area contributed by atoms with Crippen LogP contribution < -0.4 is 4.72 Å². The van der Waals surface area contributed by atoms with Crippen molar-refractivity contribution in [2.45, 2.75) is 26.9 Å². The molecule has 0 aromatic heterocycles. The maximum absolute atomic E-state index is 11.1. The highest BCUT2D eigenvalue weighted by Crippen LogP contribution is 1.91. The van der Waals surface area contributed by atoms with E-state index in [4.69, 9.17) is 4.74 Å². The van der Waals surface area contributed by atoms with Crippen LogP contribution in [0.5, 0.6) is 0 Å². The lowest BCUT2D eigenvalue weighted by molar-refractivity contribution is -0.142. The largest absolute Gasteiger partial charge is 0.461 e. The van der Waals surface area contributed by atoms with Crippen molar-refractivity contribution in [2.75, 3.05) is 18.9 Å². The van der Waals surface area contributed by atoms with Crippen molar-refractivity contribution in [3.05, 3.63) is 12.2 Å². The topological polar surface area (TPSA) is 98.8 Å². The zero-order chi connectivity index (χ0) is 14.9. The smallest absolute Gasteiger partial charge is 0.331 e. The van der Waals surface area contributed by atoms with Gasteiger partial charge in [-0.1, -0.05) is 0 Å². The quantitative estimate of drug-likeness (QED) is 0.383. The van der Waals surface area contributed by atoms with Crippen LogP contribution in [0.25, 0.3) is 0 Å². The van der Waals surface area contributed by atoms with Crippen molar-refractivity contribution in [3.63, 3.8) is 0 Å². The highest BCUT2D eigenvalue weighted by atomic mass is 32.2. The van der Waals surface area contributed by atoms with Crippen molar-refractivity contribution in [1.29, 1.82) is 0 Å². The van der Waals surface area contributed by atoms with Gasteiger partial charge >= 0.3 is 11.9 Å². The molecule has 0 unspecified atom stereocenters. The SMILES string of the molecule is CCS(=O)(=O)NCCOC(=O)/C=C/C(=O)OC(C)C. The van der Waals surface area contributed by atoms with E-state index in [0.29, 0.717) is 0 Å². The van der Waals surface area contributed by atoms with Gasteiger partial charge in [0.15, 0.2) is 0 Å². The number of carbonyl (C=O) groups is 2. The summed E-state index contributed by atoms with van der Waals surface area (Å²) in [7, 11) is -3.29. The number of nitrogens with one attached hydrogen (secondary N) is 1. The normalized spacial score (nSPS) is 11.8. The van der Waals surface area contributed by atoms with E-state index >= 15 is 0 Å². The maximum atomic E-state index is 11.1. The summed E-state index contributed by atoms with van der Waals surface area (Å²) in [5.74, 6) is -1.42. The summed E-state index contributed by atoms with van der Waals surface area (Å²) in [5.41, 5.74) is 0. The zero-order valence-electron chi connectivity index (χ0n) is 11.2. The second-order valence-electron chi connectivity index (χ2n) is 3.78. The van der Waals surface area contributed by atoms with E-state index in [9.17, 15) is 18.0 Å². The van der Waals surface area contributed by atoms with Crippen LogP contribution >= 0.6 is 0 Å². The first-order valence-electron chi connectivity index (χ1n) is 5.79. The predicted octanol–water partition coefficient (Wildman–Crippen LogP) is -0.0233. The van der Waals surface area contributed by atoms with Crippen LogP contribution in [0.15, 0.2) is 12.2 Å². The summed E-state index contributed by atoms with van der Waals surface area (Å²) in [6.45, 7) is 4.75. The Balaban J connectivity index is 3.88. The van der Waals surface area contributed by atoms with Gasteiger partial charge in [0, 0.05) is 18.7 Å². The Morgan fingerprint density at radius 3 is 2.32 bits per heavy atom. The number of sulfonamides is 1. The molecule has 0 bridgehead atoms. The first-order valence-corrected chi connectivity index (χ1v) is 7.45. The van der Waals surface area contributed by atoms with Crippen molar-refractivity contribution < 1.29 is 27.5 Å². The first-order chi connectivity index (χ1) is 8.76. The van der Waals surface area contributed by atoms with E-state index in [2.05, 4.69) is 9.46 Å². The molecule has 19 heavy (non-hydrogen) atoms. The molecule has 110 valence electrons. The Hall–Kier alpha value is -1.41. The summed E-state index contributed by atoms with van der Waals surface area (Å²) in [6.07, 6.45) is 1.62. The minimum atomic E-state index is -3.29. The van der Waals surface area contributed by atoms with Crippen LogP contribution in [0, 0.1) is 0 Å². The highest BCUT2D eigenvalue weighted by molar-refractivity contribution is 7.89. The molecule has 7 nitrogen and oxygen atoms in total. The van der Waals surface area contributed by atoms with Crippen LogP contribution in [0.4, 0.5) is 0 Å². The molecule has 0 amide bonds. The molecule has 1 N–H and O–H groups in total. The molecule has 0 aliphatic rings. The van der Waals surface area contributed by atoms with Gasteiger partial charge in [0.25, 0.3) is 0 Å². The lowest BCUT2D eigenvalue weighted by atomic mass is 10.4. The van der Waals surface area contributed by atoms with Gasteiger partial charge in [0.1, 0.15) is 6.61 Å². The molecule has 0 heterocycles. The molecule has 0 atom stereocenters. The van der Waals surface area contributed by atoms with Crippen molar-refractivity contribution in [1.82, 2.24) is 4.72 Å². The lowest BCUT2D eigenvalue weighted by Crippen LogP contribution is -2.29. The van der Waals surface area contributed by atoms with Gasteiger partial charge in [0.05, 0.1) is 11.9 Å². The molecule has 0 aliphatic heterocycles. The number of esters is 2. The van der Waals surface area contributed by atoms with Crippen molar-refractivity contribution in [3.8, 4) is 0 Å². The average molecular weight is 293 g/mol. The summed E-state index contributed by atoms with van der Waals surface area (Å²) < 4.78 is 33.7. The molecular formula is C11H19NO6S. The van der Waals surface area contributed by atoms with Crippen LogP contribution in [0.1, 0.15) is 20.8 Å². The molecule has 0 aromatic rings. The van der Waals surface area contributed by atoms with Gasteiger partial charge in [-0.05, 0) is 20.8 Å². The summed E-state index contributed by atoms with van der Waals surface area (Å²) in [5, 5.41) is 0. The first kappa shape index (κ1) is 17.6. The fraction of sp³-hybridized carbons (Fsp3) is 0.636. The van der Waals surface area contributed by atoms with Gasteiger partial charge in [0.2, 0.25) is 10.0 Å².